The molecule has 4 rings (SSSR count). The first kappa shape index (κ1) is 14.5. The lowest BCUT2D eigenvalue weighted by atomic mass is 9.77. The quantitative estimate of drug-likeness (QED) is 0.801. The van der Waals surface area contributed by atoms with Crippen LogP contribution in [0.5, 0.6) is 0 Å². The molecular weight excluding hydrogens is 282 g/mol. The number of nitrogens with zero attached hydrogens (tertiary/aromatic N) is 1. The van der Waals surface area contributed by atoms with Crippen molar-refractivity contribution in [2.24, 2.45) is 0 Å². The highest BCUT2D eigenvalue weighted by Crippen LogP contribution is 2.45. The molecule has 0 unspecified atom stereocenters. The average Bonchev–Trinajstić information content (AvgIpc) is 3.20. The third-order valence-electron chi connectivity index (χ3n) is 5.62. The molecule has 2 aromatic carbocycles. The number of rotatable bonds is 2. The Hall–Kier alpha value is -2.09. The van der Waals surface area contributed by atoms with E-state index in [9.17, 15) is 4.79 Å². The molecule has 0 spiro atoms. The maximum atomic E-state index is 13.7. The van der Waals surface area contributed by atoms with Crippen molar-refractivity contribution < 1.29 is 4.79 Å². The van der Waals surface area contributed by atoms with Crippen LogP contribution >= 0.6 is 0 Å². The highest BCUT2D eigenvalue weighted by Gasteiger charge is 2.47. The Labute approximate surface area is 138 Å². The topological polar surface area (TPSA) is 20.3 Å². The van der Waals surface area contributed by atoms with E-state index < -0.39 is 0 Å². The van der Waals surface area contributed by atoms with Gasteiger partial charge in [-0.1, -0.05) is 61.4 Å². The highest BCUT2D eigenvalue weighted by molar-refractivity contribution is 6.03. The average molecular weight is 305 g/mol. The smallest absolute Gasteiger partial charge is 0.237 e. The van der Waals surface area contributed by atoms with E-state index in [0.717, 1.165) is 37.8 Å². The molecular formula is C21H23NO. The van der Waals surface area contributed by atoms with Crippen molar-refractivity contribution in [3.8, 4) is 0 Å². The molecule has 118 valence electrons. The molecule has 2 nitrogen and oxygen atoms in total. The Morgan fingerprint density at radius 2 is 1.65 bits per heavy atom. The van der Waals surface area contributed by atoms with Crippen LogP contribution in [0.15, 0.2) is 54.6 Å². The lowest BCUT2D eigenvalue weighted by Gasteiger charge is -2.35. The van der Waals surface area contributed by atoms with Gasteiger partial charge in [-0.15, -0.1) is 0 Å². The third-order valence-corrected chi connectivity index (χ3v) is 5.62. The first-order chi connectivity index (χ1) is 11.2. The molecule has 23 heavy (non-hydrogen) atoms. The van der Waals surface area contributed by atoms with Crippen LogP contribution in [0.1, 0.15) is 43.7 Å². The van der Waals surface area contributed by atoms with Gasteiger partial charge in [0.05, 0.1) is 5.41 Å². The lowest BCUT2D eigenvalue weighted by Crippen LogP contribution is -2.48. The number of carbonyl (C=O) groups is 1. The minimum Gasteiger partial charge on any atom is -0.308 e. The number of fused-ring (bicyclic) bond motifs is 1. The van der Waals surface area contributed by atoms with Gasteiger partial charge < -0.3 is 4.90 Å². The molecule has 0 radical (unpaired) electrons. The second-order valence-electron chi connectivity index (χ2n) is 7.01. The second-order valence-corrected chi connectivity index (χ2v) is 7.01. The van der Waals surface area contributed by atoms with Crippen molar-refractivity contribution in [3.05, 3.63) is 65.7 Å². The van der Waals surface area contributed by atoms with Crippen LogP contribution in [-0.2, 0) is 16.6 Å². The van der Waals surface area contributed by atoms with E-state index in [1.54, 1.807) is 0 Å². The first-order valence-corrected chi connectivity index (χ1v) is 8.69. The van der Waals surface area contributed by atoms with Gasteiger partial charge in [-0.05, 0) is 43.4 Å². The van der Waals surface area contributed by atoms with Crippen molar-refractivity contribution in [2.45, 2.75) is 50.5 Å². The maximum absolute atomic E-state index is 13.7. The first-order valence-electron chi connectivity index (χ1n) is 8.69. The van der Waals surface area contributed by atoms with Gasteiger partial charge in [-0.2, -0.15) is 0 Å². The predicted octanol–water partition coefficient (Wildman–Crippen LogP) is 4.48. The number of amides is 1. The standard InChI is InChI=1S/C21H23NO/c1-16-15-17-9-5-6-12-19(17)22(16)20(23)21(13-7-8-14-21)18-10-3-2-4-11-18/h2-6,9-12,16H,7-8,13-15H2,1H3/t16-/m1/s1. The van der Waals surface area contributed by atoms with Gasteiger partial charge in [0.2, 0.25) is 5.91 Å². The van der Waals surface area contributed by atoms with Crippen LogP contribution in [0.25, 0.3) is 0 Å². The molecule has 1 fully saturated rings. The second kappa shape index (κ2) is 5.52. The molecule has 0 bridgehead atoms. The number of benzene rings is 2. The van der Waals surface area contributed by atoms with Crippen LogP contribution in [-0.4, -0.2) is 11.9 Å². The summed E-state index contributed by atoms with van der Waals surface area (Å²) in [6.45, 7) is 2.17. The molecule has 0 aromatic heterocycles. The molecule has 1 heterocycles. The number of anilines is 1. The maximum Gasteiger partial charge on any atom is 0.237 e. The van der Waals surface area contributed by atoms with E-state index in [4.69, 9.17) is 0 Å². The van der Waals surface area contributed by atoms with E-state index in [0.29, 0.717) is 5.91 Å². The summed E-state index contributed by atoms with van der Waals surface area (Å²) < 4.78 is 0. The van der Waals surface area contributed by atoms with E-state index in [1.165, 1.54) is 11.1 Å². The molecule has 2 aliphatic rings. The molecule has 0 N–H and O–H groups in total. The van der Waals surface area contributed by atoms with Crippen LogP contribution in [0.4, 0.5) is 5.69 Å². The Morgan fingerprint density at radius 1 is 1.00 bits per heavy atom. The number of para-hydroxylation sites is 1. The van der Waals surface area contributed by atoms with Crippen LogP contribution in [0, 0.1) is 0 Å². The summed E-state index contributed by atoms with van der Waals surface area (Å²) in [5.41, 5.74) is 3.29. The summed E-state index contributed by atoms with van der Waals surface area (Å²) in [6.07, 6.45) is 5.20. The summed E-state index contributed by atoms with van der Waals surface area (Å²) in [5, 5.41) is 0. The fourth-order valence-corrected chi connectivity index (χ4v) is 4.47. The van der Waals surface area contributed by atoms with Crippen LogP contribution in [0.3, 0.4) is 0 Å². The lowest BCUT2D eigenvalue weighted by molar-refractivity contribution is -0.124. The minimum atomic E-state index is -0.326. The zero-order valence-corrected chi connectivity index (χ0v) is 13.7. The van der Waals surface area contributed by atoms with Crippen LogP contribution < -0.4 is 4.90 Å². The van der Waals surface area contributed by atoms with Gasteiger partial charge in [0.1, 0.15) is 0 Å². The molecule has 1 aliphatic carbocycles. The Bertz CT molecular complexity index is 716. The summed E-state index contributed by atoms with van der Waals surface area (Å²) >= 11 is 0. The van der Waals surface area contributed by atoms with Gasteiger partial charge in [0, 0.05) is 11.7 Å². The van der Waals surface area contributed by atoms with Gasteiger partial charge in [-0.25, -0.2) is 0 Å². The monoisotopic (exact) mass is 305 g/mol. The summed E-state index contributed by atoms with van der Waals surface area (Å²) in [4.78, 5) is 15.7. The van der Waals surface area contributed by atoms with Crippen molar-refractivity contribution in [1.29, 1.82) is 0 Å². The van der Waals surface area contributed by atoms with Crippen molar-refractivity contribution in [3.63, 3.8) is 0 Å². The van der Waals surface area contributed by atoms with Gasteiger partial charge >= 0.3 is 0 Å². The van der Waals surface area contributed by atoms with Crippen molar-refractivity contribution in [1.82, 2.24) is 0 Å². The van der Waals surface area contributed by atoms with Crippen molar-refractivity contribution in [2.75, 3.05) is 4.90 Å². The van der Waals surface area contributed by atoms with Gasteiger partial charge in [-0.3, -0.25) is 4.79 Å². The summed E-state index contributed by atoms with van der Waals surface area (Å²) in [5.74, 6) is 0.304. The summed E-state index contributed by atoms with van der Waals surface area (Å²) in [7, 11) is 0. The molecule has 2 aromatic rings. The molecule has 1 atom stereocenters. The molecule has 2 heteroatoms. The zero-order chi connectivity index (χ0) is 15.9. The fraction of sp³-hybridized carbons (Fsp3) is 0.381. The Balaban J connectivity index is 1.78. The van der Waals surface area contributed by atoms with E-state index in [1.807, 2.05) is 12.1 Å². The molecule has 1 aliphatic heterocycles. The predicted molar refractivity (Wildman–Crippen MR) is 93.7 cm³/mol. The highest BCUT2D eigenvalue weighted by atomic mass is 16.2. The van der Waals surface area contributed by atoms with Gasteiger partial charge in [0.15, 0.2) is 0 Å². The number of carbonyl (C=O) groups excluding carboxylic acids is 1. The minimum absolute atomic E-state index is 0.251. The molecule has 0 saturated heterocycles. The van der Waals surface area contributed by atoms with Crippen molar-refractivity contribution >= 4 is 11.6 Å². The van der Waals surface area contributed by atoms with Gasteiger partial charge in [0.25, 0.3) is 0 Å². The molecule has 1 amide bonds. The van der Waals surface area contributed by atoms with Crippen LogP contribution in [0.2, 0.25) is 0 Å². The molecule has 1 saturated carbocycles. The third kappa shape index (κ3) is 2.20. The number of hydrogen-bond donors (Lipinski definition) is 0. The SMILES string of the molecule is C[C@@H]1Cc2ccccc2N1C(=O)C1(c2ccccc2)CCCC1. The summed E-state index contributed by atoms with van der Waals surface area (Å²) in [6, 6.07) is 19.0. The zero-order valence-electron chi connectivity index (χ0n) is 13.7. The Morgan fingerprint density at radius 3 is 2.39 bits per heavy atom. The Kier molecular flexibility index (Phi) is 3.48. The largest absolute Gasteiger partial charge is 0.308 e. The number of hydrogen-bond acceptors (Lipinski definition) is 1. The van der Waals surface area contributed by atoms with E-state index in [-0.39, 0.29) is 11.5 Å². The normalized spacial score (nSPS) is 22.1. The fourth-order valence-electron chi connectivity index (χ4n) is 4.47. The van der Waals surface area contributed by atoms with E-state index >= 15 is 0 Å². The van der Waals surface area contributed by atoms with E-state index in [2.05, 4.69) is 54.3 Å².